The largest absolute Gasteiger partial charge is 0.507 e. The number of phenolic OH excluding ortho intramolecular Hbond substituents is 1. The van der Waals surface area contributed by atoms with E-state index in [0.29, 0.717) is 11.3 Å². The van der Waals surface area contributed by atoms with Crippen LogP contribution >= 0.6 is 0 Å². The van der Waals surface area contributed by atoms with Gasteiger partial charge in [0, 0.05) is 30.4 Å². The van der Waals surface area contributed by atoms with Gasteiger partial charge in [0.25, 0.3) is 5.91 Å². The van der Waals surface area contributed by atoms with Crippen molar-refractivity contribution >= 4 is 17.8 Å². The molecule has 0 aliphatic heterocycles. The molecule has 0 bridgehead atoms. The molecule has 0 heterocycles. The fourth-order valence-electron chi connectivity index (χ4n) is 3.16. The minimum absolute atomic E-state index is 0.108. The minimum Gasteiger partial charge on any atom is -0.507 e. The molecule has 6 nitrogen and oxygen atoms in total. The Balaban J connectivity index is 1.49. The molecule has 0 fully saturated rings. The lowest BCUT2D eigenvalue weighted by atomic mass is 10.1. The fraction of sp³-hybridized carbons (Fsp3) is 0.200. The Kier molecular flexibility index (Phi) is 7.65. The molecule has 2 N–H and O–H groups in total. The summed E-state index contributed by atoms with van der Waals surface area (Å²) in [6.07, 6.45) is 1.41. The van der Waals surface area contributed by atoms with Crippen molar-refractivity contribution in [2.75, 3.05) is 24.6 Å². The van der Waals surface area contributed by atoms with Gasteiger partial charge in [0.2, 0.25) is 0 Å². The van der Waals surface area contributed by atoms with Crippen LogP contribution in [0.1, 0.15) is 19.4 Å². The van der Waals surface area contributed by atoms with Crippen LogP contribution in [-0.2, 0) is 4.79 Å². The summed E-state index contributed by atoms with van der Waals surface area (Å²) in [5.74, 6) is 0.322. The van der Waals surface area contributed by atoms with Gasteiger partial charge in [-0.3, -0.25) is 4.79 Å². The van der Waals surface area contributed by atoms with E-state index in [4.69, 9.17) is 4.74 Å². The maximum Gasteiger partial charge on any atom is 0.277 e. The molecule has 0 aromatic heterocycles. The average Bonchev–Trinajstić information content (AvgIpc) is 2.81. The zero-order valence-electron chi connectivity index (χ0n) is 17.8. The summed E-state index contributed by atoms with van der Waals surface area (Å²) < 4.78 is 5.51. The normalized spacial score (nSPS) is 10.8. The van der Waals surface area contributed by atoms with Crippen molar-refractivity contribution in [1.82, 2.24) is 5.43 Å². The van der Waals surface area contributed by atoms with Gasteiger partial charge in [-0.25, -0.2) is 5.43 Å². The van der Waals surface area contributed by atoms with Crippen LogP contribution in [-0.4, -0.2) is 36.9 Å². The number of hydrazone groups is 1. The van der Waals surface area contributed by atoms with Gasteiger partial charge in [0.15, 0.2) is 6.61 Å². The van der Waals surface area contributed by atoms with E-state index in [1.807, 2.05) is 60.7 Å². The number of amides is 1. The van der Waals surface area contributed by atoms with E-state index in [-0.39, 0.29) is 18.3 Å². The van der Waals surface area contributed by atoms with E-state index >= 15 is 0 Å². The van der Waals surface area contributed by atoms with E-state index in [2.05, 4.69) is 29.3 Å². The van der Waals surface area contributed by atoms with Gasteiger partial charge in [0.1, 0.15) is 11.5 Å². The van der Waals surface area contributed by atoms with Crippen LogP contribution in [0.3, 0.4) is 0 Å². The monoisotopic (exact) mass is 417 g/mol. The molecule has 1 amide bonds. The standard InChI is InChI=1S/C25H27N3O3/c1-3-28(4-2)22-13-10-21(24(29)16-22)17-26-27-25(30)18-31-23-14-11-20(12-15-23)19-8-6-5-7-9-19/h5-17,29H,3-4,18H2,1-2H3,(H,27,30)/b26-17+. The summed E-state index contributed by atoms with van der Waals surface area (Å²) in [5, 5.41) is 14.1. The number of carbonyl (C=O) groups excluding carboxylic acids is 1. The highest BCUT2D eigenvalue weighted by molar-refractivity contribution is 5.86. The highest BCUT2D eigenvalue weighted by Gasteiger charge is 2.06. The molecular weight excluding hydrogens is 390 g/mol. The zero-order valence-corrected chi connectivity index (χ0v) is 17.8. The second-order valence-electron chi connectivity index (χ2n) is 6.89. The van der Waals surface area contributed by atoms with Gasteiger partial charge < -0.3 is 14.7 Å². The number of phenols is 1. The summed E-state index contributed by atoms with van der Waals surface area (Å²) in [4.78, 5) is 14.1. The summed E-state index contributed by atoms with van der Waals surface area (Å²) in [6.45, 7) is 5.67. The molecule has 0 saturated heterocycles. The van der Waals surface area contributed by atoms with Crippen molar-refractivity contribution in [2.24, 2.45) is 5.10 Å². The van der Waals surface area contributed by atoms with Crippen LogP contribution in [0.4, 0.5) is 5.69 Å². The van der Waals surface area contributed by atoms with Gasteiger partial charge in [0.05, 0.1) is 6.21 Å². The lowest BCUT2D eigenvalue weighted by Gasteiger charge is -2.21. The third-order valence-corrected chi connectivity index (χ3v) is 4.87. The van der Waals surface area contributed by atoms with Crippen molar-refractivity contribution in [3.05, 3.63) is 78.4 Å². The molecule has 0 atom stereocenters. The lowest BCUT2D eigenvalue weighted by Crippen LogP contribution is -2.24. The van der Waals surface area contributed by atoms with Gasteiger partial charge in [-0.1, -0.05) is 42.5 Å². The topological polar surface area (TPSA) is 74.2 Å². The molecule has 3 rings (SSSR count). The highest BCUT2D eigenvalue weighted by Crippen LogP contribution is 2.24. The maximum atomic E-state index is 12.0. The van der Waals surface area contributed by atoms with Crippen LogP contribution < -0.4 is 15.1 Å². The molecule has 0 radical (unpaired) electrons. The molecule has 3 aromatic rings. The summed E-state index contributed by atoms with van der Waals surface area (Å²) in [7, 11) is 0. The average molecular weight is 418 g/mol. The minimum atomic E-state index is -0.386. The van der Waals surface area contributed by atoms with Crippen LogP contribution in [0.5, 0.6) is 11.5 Å². The number of nitrogens with zero attached hydrogens (tertiary/aromatic N) is 2. The Bertz CT molecular complexity index is 1010. The molecule has 31 heavy (non-hydrogen) atoms. The Hall–Kier alpha value is -3.80. The SMILES string of the molecule is CCN(CC)c1ccc(/C=N/NC(=O)COc2ccc(-c3ccccc3)cc2)c(O)c1. The first-order valence-corrected chi connectivity index (χ1v) is 10.3. The van der Waals surface area contributed by atoms with Gasteiger partial charge in [-0.05, 0) is 49.2 Å². The number of benzene rings is 3. The molecular formula is C25H27N3O3. The van der Waals surface area contributed by atoms with Gasteiger partial charge >= 0.3 is 0 Å². The van der Waals surface area contributed by atoms with E-state index < -0.39 is 0 Å². The Morgan fingerprint density at radius 1 is 1.00 bits per heavy atom. The molecule has 160 valence electrons. The van der Waals surface area contributed by atoms with Crippen LogP contribution in [0, 0.1) is 0 Å². The molecule has 0 aliphatic carbocycles. The van der Waals surface area contributed by atoms with Crippen molar-refractivity contribution < 1.29 is 14.6 Å². The quantitative estimate of drug-likeness (QED) is 0.399. The lowest BCUT2D eigenvalue weighted by molar-refractivity contribution is -0.123. The first-order valence-electron chi connectivity index (χ1n) is 10.3. The molecule has 3 aromatic carbocycles. The van der Waals surface area contributed by atoms with Crippen molar-refractivity contribution in [2.45, 2.75) is 13.8 Å². The molecule has 6 heteroatoms. The number of anilines is 1. The van der Waals surface area contributed by atoms with E-state index in [1.165, 1.54) is 6.21 Å². The van der Waals surface area contributed by atoms with Gasteiger partial charge in [-0.15, -0.1) is 0 Å². The van der Waals surface area contributed by atoms with Crippen molar-refractivity contribution in [1.29, 1.82) is 0 Å². The van der Waals surface area contributed by atoms with E-state index in [1.54, 1.807) is 12.1 Å². The smallest absolute Gasteiger partial charge is 0.277 e. The second kappa shape index (κ2) is 10.8. The predicted octanol–water partition coefficient (Wildman–Crippen LogP) is 4.43. The Labute approximate surface area is 182 Å². The third-order valence-electron chi connectivity index (χ3n) is 4.87. The number of hydrogen-bond donors (Lipinski definition) is 2. The summed E-state index contributed by atoms with van der Waals surface area (Å²) >= 11 is 0. The summed E-state index contributed by atoms with van der Waals surface area (Å²) in [6, 6.07) is 23.0. The number of aromatic hydroxyl groups is 1. The number of carbonyl (C=O) groups is 1. The van der Waals surface area contributed by atoms with Crippen molar-refractivity contribution in [3.8, 4) is 22.6 Å². The Morgan fingerprint density at radius 2 is 1.68 bits per heavy atom. The maximum absolute atomic E-state index is 12.0. The fourth-order valence-corrected chi connectivity index (χ4v) is 3.16. The third kappa shape index (κ3) is 6.09. The second-order valence-corrected chi connectivity index (χ2v) is 6.89. The van der Waals surface area contributed by atoms with Crippen LogP contribution in [0.2, 0.25) is 0 Å². The van der Waals surface area contributed by atoms with Crippen LogP contribution in [0.25, 0.3) is 11.1 Å². The van der Waals surface area contributed by atoms with Crippen LogP contribution in [0.15, 0.2) is 77.9 Å². The van der Waals surface area contributed by atoms with E-state index in [0.717, 1.165) is 29.9 Å². The molecule has 0 spiro atoms. The molecule has 0 unspecified atom stereocenters. The molecule has 0 saturated carbocycles. The first kappa shape index (κ1) is 21.9. The number of rotatable bonds is 9. The van der Waals surface area contributed by atoms with Gasteiger partial charge in [-0.2, -0.15) is 5.10 Å². The highest BCUT2D eigenvalue weighted by atomic mass is 16.5. The van der Waals surface area contributed by atoms with E-state index in [9.17, 15) is 9.90 Å². The predicted molar refractivity (Wildman–Crippen MR) is 125 cm³/mol. The number of hydrogen-bond acceptors (Lipinski definition) is 5. The number of ether oxygens (including phenoxy) is 1. The van der Waals surface area contributed by atoms with Crippen molar-refractivity contribution in [3.63, 3.8) is 0 Å². The molecule has 0 aliphatic rings. The first-order chi connectivity index (χ1) is 15.1. The number of nitrogens with one attached hydrogen (secondary N) is 1. The Morgan fingerprint density at radius 3 is 2.32 bits per heavy atom. The zero-order chi connectivity index (χ0) is 22.1. The summed E-state index contributed by atoms with van der Waals surface area (Å²) in [5.41, 5.74) is 6.07.